The summed E-state index contributed by atoms with van der Waals surface area (Å²) >= 11 is 0. The van der Waals surface area contributed by atoms with Crippen LogP contribution in [0, 0.1) is 5.92 Å². The molecule has 1 aromatic carbocycles. The van der Waals surface area contributed by atoms with Crippen molar-refractivity contribution in [2.24, 2.45) is 5.92 Å². The lowest BCUT2D eigenvalue weighted by Crippen LogP contribution is -2.44. The van der Waals surface area contributed by atoms with Gasteiger partial charge in [-0.25, -0.2) is 4.79 Å². The van der Waals surface area contributed by atoms with Crippen molar-refractivity contribution in [1.82, 2.24) is 5.32 Å². The highest BCUT2D eigenvalue weighted by Gasteiger charge is 2.30. The lowest BCUT2D eigenvalue weighted by Gasteiger charge is -2.17. The van der Waals surface area contributed by atoms with E-state index in [4.69, 9.17) is 5.11 Å². The number of hydrogen-bond donors (Lipinski definition) is 2. The molecule has 0 spiro atoms. The molecule has 0 aliphatic rings. The van der Waals surface area contributed by atoms with Crippen LogP contribution in [-0.4, -0.2) is 23.0 Å². The standard InChI is InChI=1S/C16H20F3NO3/c1-10(2)14(15(22)23)20-13(21)8-4-6-11-5-3-7-12(9-11)16(17,18)19/h3,5,7,9-10,14H,4,6,8H2,1-2H3,(H,20,21)(H,22,23). The van der Waals surface area contributed by atoms with Crippen LogP contribution in [0.25, 0.3) is 0 Å². The number of carboxylic acids is 1. The largest absolute Gasteiger partial charge is 0.480 e. The van der Waals surface area contributed by atoms with Crippen LogP contribution in [0.2, 0.25) is 0 Å². The summed E-state index contributed by atoms with van der Waals surface area (Å²) in [6, 6.07) is 4.00. The normalized spacial score (nSPS) is 13.0. The smallest absolute Gasteiger partial charge is 0.416 e. The zero-order valence-corrected chi connectivity index (χ0v) is 13.0. The summed E-state index contributed by atoms with van der Waals surface area (Å²) in [5.74, 6) is -1.77. The Balaban J connectivity index is 2.51. The maximum atomic E-state index is 12.6. The first-order chi connectivity index (χ1) is 10.6. The van der Waals surface area contributed by atoms with Gasteiger partial charge in [0.1, 0.15) is 6.04 Å². The van der Waals surface area contributed by atoms with Gasteiger partial charge in [-0.1, -0.05) is 32.0 Å². The summed E-state index contributed by atoms with van der Waals surface area (Å²) in [5, 5.41) is 11.4. The van der Waals surface area contributed by atoms with Crippen molar-refractivity contribution in [1.29, 1.82) is 0 Å². The van der Waals surface area contributed by atoms with Crippen LogP contribution in [0.3, 0.4) is 0 Å². The van der Waals surface area contributed by atoms with Gasteiger partial charge in [-0.3, -0.25) is 4.79 Å². The van der Waals surface area contributed by atoms with Gasteiger partial charge < -0.3 is 10.4 Å². The minimum atomic E-state index is -4.39. The molecule has 0 aliphatic heterocycles. The fourth-order valence-corrected chi connectivity index (χ4v) is 2.12. The molecule has 0 bridgehead atoms. The Morgan fingerprint density at radius 3 is 2.43 bits per heavy atom. The maximum Gasteiger partial charge on any atom is 0.416 e. The van der Waals surface area contributed by atoms with Crippen LogP contribution < -0.4 is 5.32 Å². The second kappa shape index (κ2) is 7.99. The number of alkyl halides is 3. The van der Waals surface area contributed by atoms with Gasteiger partial charge in [-0.15, -0.1) is 0 Å². The highest BCUT2D eigenvalue weighted by molar-refractivity contribution is 5.83. The van der Waals surface area contributed by atoms with Crippen molar-refractivity contribution in [3.63, 3.8) is 0 Å². The van der Waals surface area contributed by atoms with Gasteiger partial charge in [0.05, 0.1) is 5.56 Å². The van der Waals surface area contributed by atoms with E-state index in [1.54, 1.807) is 19.9 Å². The number of carboxylic acid groups (broad SMARTS) is 1. The number of nitrogens with one attached hydrogen (secondary N) is 1. The first kappa shape index (κ1) is 19.0. The molecule has 1 atom stereocenters. The Labute approximate surface area is 132 Å². The van der Waals surface area contributed by atoms with Gasteiger partial charge in [-0.05, 0) is 30.4 Å². The van der Waals surface area contributed by atoms with Gasteiger partial charge in [-0.2, -0.15) is 13.2 Å². The van der Waals surface area contributed by atoms with Crippen molar-refractivity contribution in [3.8, 4) is 0 Å². The third-order valence-corrected chi connectivity index (χ3v) is 3.37. The topological polar surface area (TPSA) is 66.4 Å². The summed E-state index contributed by atoms with van der Waals surface area (Å²) < 4.78 is 37.8. The van der Waals surface area contributed by atoms with E-state index in [1.165, 1.54) is 6.07 Å². The lowest BCUT2D eigenvalue weighted by molar-refractivity contribution is -0.143. The van der Waals surface area contributed by atoms with Crippen molar-refractivity contribution in [2.75, 3.05) is 0 Å². The molecule has 128 valence electrons. The fraction of sp³-hybridized carbons (Fsp3) is 0.500. The van der Waals surface area contributed by atoms with Gasteiger partial charge in [0, 0.05) is 6.42 Å². The molecule has 23 heavy (non-hydrogen) atoms. The Morgan fingerprint density at radius 1 is 1.26 bits per heavy atom. The van der Waals surface area contributed by atoms with E-state index in [9.17, 15) is 22.8 Å². The minimum absolute atomic E-state index is 0.0622. The molecule has 1 aromatic rings. The fourth-order valence-electron chi connectivity index (χ4n) is 2.12. The first-order valence-electron chi connectivity index (χ1n) is 7.29. The van der Waals surface area contributed by atoms with Gasteiger partial charge in [0.25, 0.3) is 0 Å². The molecule has 4 nitrogen and oxygen atoms in total. The zero-order chi connectivity index (χ0) is 17.6. The summed E-state index contributed by atoms with van der Waals surface area (Å²) in [4.78, 5) is 22.7. The first-order valence-corrected chi connectivity index (χ1v) is 7.29. The predicted molar refractivity (Wildman–Crippen MR) is 78.8 cm³/mol. The molecule has 0 aliphatic carbocycles. The minimum Gasteiger partial charge on any atom is -0.480 e. The van der Waals surface area contributed by atoms with Crippen LogP contribution in [0.4, 0.5) is 13.2 Å². The second-order valence-electron chi connectivity index (χ2n) is 5.68. The monoisotopic (exact) mass is 331 g/mol. The second-order valence-corrected chi connectivity index (χ2v) is 5.68. The molecule has 0 radical (unpaired) electrons. The van der Waals surface area contributed by atoms with E-state index in [2.05, 4.69) is 5.32 Å². The number of carbonyl (C=O) groups excluding carboxylic acids is 1. The number of benzene rings is 1. The highest BCUT2D eigenvalue weighted by Crippen LogP contribution is 2.29. The van der Waals surface area contributed by atoms with Crippen LogP contribution in [0.15, 0.2) is 24.3 Å². The Morgan fingerprint density at radius 2 is 1.91 bits per heavy atom. The quantitative estimate of drug-likeness (QED) is 0.806. The molecule has 0 aromatic heterocycles. The summed E-state index contributed by atoms with van der Waals surface area (Å²) in [5.41, 5.74) is -0.225. The van der Waals surface area contributed by atoms with Gasteiger partial charge in [0.15, 0.2) is 0 Å². The third-order valence-electron chi connectivity index (χ3n) is 3.37. The number of carbonyl (C=O) groups is 2. The number of halogens is 3. The SMILES string of the molecule is CC(C)C(NC(=O)CCCc1cccc(C(F)(F)F)c1)C(=O)O. The van der Waals surface area contributed by atoms with Gasteiger partial charge >= 0.3 is 12.1 Å². The molecule has 1 rings (SSSR count). The molecular weight excluding hydrogens is 311 g/mol. The van der Waals surface area contributed by atoms with E-state index in [-0.39, 0.29) is 12.3 Å². The number of amides is 1. The van der Waals surface area contributed by atoms with Crippen LogP contribution in [0.5, 0.6) is 0 Å². The van der Waals surface area contributed by atoms with Crippen LogP contribution in [-0.2, 0) is 22.2 Å². The molecule has 0 saturated heterocycles. The van der Waals surface area contributed by atoms with Crippen molar-refractivity contribution in [2.45, 2.75) is 45.3 Å². The van der Waals surface area contributed by atoms with Crippen LogP contribution in [0.1, 0.15) is 37.8 Å². The molecular formula is C16H20F3NO3. The molecule has 2 N–H and O–H groups in total. The summed E-state index contributed by atoms with van der Waals surface area (Å²) in [7, 11) is 0. The Kier molecular flexibility index (Phi) is 6.60. The predicted octanol–water partition coefficient (Wildman–Crippen LogP) is 3.25. The average Bonchev–Trinajstić information content (AvgIpc) is 2.43. The molecule has 0 fully saturated rings. The maximum absolute atomic E-state index is 12.6. The lowest BCUT2D eigenvalue weighted by atomic mass is 10.0. The van der Waals surface area contributed by atoms with Gasteiger partial charge in [0.2, 0.25) is 5.91 Å². The molecule has 1 unspecified atom stereocenters. The van der Waals surface area contributed by atoms with E-state index >= 15 is 0 Å². The summed E-state index contributed by atoms with van der Waals surface area (Å²) in [6.07, 6.45) is -3.67. The number of aliphatic carboxylic acids is 1. The average molecular weight is 331 g/mol. The molecule has 7 heteroatoms. The third kappa shape index (κ3) is 6.30. The van der Waals surface area contributed by atoms with Crippen molar-refractivity contribution in [3.05, 3.63) is 35.4 Å². The Hall–Kier alpha value is -2.05. The number of hydrogen-bond acceptors (Lipinski definition) is 2. The van der Waals surface area contributed by atoms with Crippen LogP contribution >= 0.6 is 0 Å². The van der Waals surface area contributed by atoms with Crippen molar-refractivity contribution >= 4 is 11.9 Å². The number of rotatable bonds is 7. The highest BCUT2D eigenvalue weighted by atomic mass is 19.4. The molecule has 0 heterocycles. The summed E-state index contributed by atoms with van der Waals surface area (Å²) in [6.45, 7) is 3.36. The van der Waals surface area contributed by atoms with E-state index < -0.39 is 29.7 Å². The van der Waals surface area contributed by atoms with E-state index in [0.29, 0.717) is 18.4 Å². The van der Waals surface area contributed by atoms with Crippen molar-refractivity contribution < 1.29 is 27.9 Å². The van der Waals surface area contributed by atoms with E-state index in [0.717, 1.165) is 12.1 Å². The molecule has 1 amide bonds. The number of aryl methyl sites for hydroxylation is 1. The molecule has 0 saturated carbocycles. The zero-order valence-electron chi connectivity index (χ0n) is 13.0. The Bertz CT molecular complexity index is 556. The van der Waals surface area contributed by atoms with E-state index in [1.807, 2.05) is 0 Å².